The summed E-state index contributed by atoms with van der Waals surface area (Å²) in [4.78, 5) is 35.3. The maximum Gasteiger partial charge on any atom is 0.349 e. The smallest absolute Gasteiger partial charge is 0.349 e. The highest BCUT2D eigenvalue weighted by Gasteiger charge is 2.25. The van der Waals surface area contributed by atoms with E-state index in [9.17, 15) is 19.7 Å². The van der Waals surface area contributed by atoms with E-state index in [4.69, 9.17) is 9.15 Å². The number of non-ortho nitro benzene ring substituents is 1. The number of methoxy groups -OCH3 is 1. The number of nitro benzene ring substituents is 1. The van der Waals surface area contributed by atoms with Crippen LogP contribution < -0.4 is 15.7 Å². The molecule has 1 heterocycles. The van der Waals surface area contributed by atoms with Gasteiger partial charge in [-0.05, 0) is 24.8 Å². The molecule has 0 spiro atoms. The van der Waals surface area contributed by atoms with Gasteiger partial charge in [-0.2, -0.15) is 0 Å². The van der Waals surface area contributed by atoms with E-state index in [2.05, 4.69) is 12.2 Å². The minimum Gasteiger partial charge on any atom is -0.493 e. The molecule has 2 aromatic rings. The molecule has 1 aliphatic rings. The fraction of sp³-hybridized carbons (Fsp3) is 0.444. The molecule has 138 valence electrons. The Bertz CT molecular complexity index is 920. The van der Waals surface area contributed by atoms with Crippen LogP contribution in [-0.4, -0.2) is 24.0 Å². The van der Waals surface area contributed by atoms with Crippen LogP contribution in [0.5, 0.6) is 5.75 Å². The van der Waals surface area contributed by atoms with Gasteiger partial charge in [0.1, 0.15) is 5.56 Å². The van der Waals surface area contributed by atoms with Crippen molar-refractivity contribution in [2.45, 2.75) is 38.6 Å². The van der Waals surface area contributed by atoms with Gasteiger partial charge < -0.3 is 14.5 Å². The molecule has 2 atom stereocenters. The van der Waals surface area contributed by atoms with Crippen LogP contribution in [0, 0.1) is 16.0 Å². The van der Waals surface area contributed by atoms with Gasteiger partial charge in [0.15, 0.2) is 11.3 Å². The Kier molecular flexibility index (Phi) is 4.92. The van der Waals surface area contributed by atoms with Crippen LogP contribution in [0.3, 0.4) is 0 Å². The molecule has 1 fully saturated rings. The zero-order valence-corrected chi connectivity index (χ0v) is 14.6. The van der Waals surface area contributed by atoms with Crippen LogP contribution in [-0.2, 0) is 0 Å². The summed E-state index contributed by atoms with van der Waals surface area (Å²) in [5.41, 5.74) is -1.11. The molecule has 0 bridgehead atoms. The SMILES string of the molecule is COc1cc([N+](=O)[O-])cc2cc(C(=O)N[C@H]3CCCC[C@H]3C)c(=O)oc12. The lowest BCUT2D eigenvalue weighted by Gasteiger charge is -2.29. The van der Waals surface area contributed by atoms with E-state index in [0.717, 1.165) is 25.7 Å². The Morgan fingerprint density at radius 1 is 1.31 bits per heavy atom. The minimum atomic E-state index is -0.800. The van der Waals surface area contributed by atoms with Crippen molar-refractivity contribution in [1.29, 1.82) is 0 Å². The highest BCUT2D eigenvalue weighted by molar-refractivity contribution is 5.98. The molecular weight excluding hydrogens is 340 g/mol. The monoisotopic (exact) mass is 360 g/mol. The Labute approximate surface area is 149 Å². The molecule has 8 nitrogen and oxygen atoms in total. The highest BCUT2D eigenvalue weighted by Crippen LogP contribution is 2.30. The summed E-state index contributed by atoms with van der Waals surface area (Å²) in [7, 11) is 1.32. The number of hydrogen-bond acceptors (Lipinski definition) is 6. The van der Waals surface area contributed by atoms with Gasteiger partial charge in [0.2, 0.25) is 0 Å². The zero-order chi connectivity index (χ0) is 18.8. The van der Waals surface area contributed by atoms with E-state index in [0.29, 0.717) is 5.92 Å². The van der Waals surface area contributed by atoms with Gasteiger partial charge in [-0.15, -0.1) is 0 Å². The molecule has 0 unspecified atom stereocenters. The summed E-state index contributed by atoms with van der Waals surface area (Å²) in [5.74, 6) is -0.120. The number of rotatable bonds is 4. The van der Waals surface area contributed by atoms with E-state index in [1.54, 1.807) is 0 Å². The molecular formula is C18H20N2O6. The van der Waals surface area contributed by atoms with Crippen LogP contribution in [0.2, 0.25) is 0 Å². The van der Waals surface area contributed by atoms with Crippen molar-refractivity contribution in [3.63, 3.8) is 0 Å². The van der Waals surface area contributed by atoms with Crippen LogP contribution in [0.15, 0.2) is 27.4 Å². The molecule has 8 heteroatoms. The van der Waals surface area contributed by atoms with Gasteiger partial charge in [0.25, 0.3) is 11.6 Å². The molecule has 1 amide bonds. The standard InChI is InChI=1S/C18H20N2O6/c1-10-5-3-4-6-14(10)19-17(21)13-8-11-7-12(20(23)24)9-15(25-2)16(11)26-18(13)22/h7-10,14H,3-6H2,1-2H3,(H,19,21)/t10-,14+/m1/s1. The summed E-state index contributed by atoms with van der Waals surface area (Å²) in [5, 5.41) is 14.2. The van der Waals surface area contributed by atoms with Crippen LogP contribution in [0.1, 0.15) is 43.0 Å². The van der Waals surface area contributed by atoms with E-state index in [1.165, 1.54) is 25.3 Å². The third-order valence-electron chi connectivity index (χ3n) is 4.89. The summed E-state index contributed by atoms with van der Waals surface area (Å²) in [6, 6.07) is 3.75. The van der Waals surface area contributed by atoms with Crippen molar-refractivity contribution >= 4 is 22.6 Å². The lowest BCUT2D eigenvalue weighted by molar-refractivity contribution is -0.384. The number of benzene rings is 1. The van der Waals surface area contributed by atoms with E-state index in [1.807, 2.05) is 0 Å². The average molecular weight is 360 g/mol. The maximum absolute atomic E-state index is 12.6. The molecule has 1 aliphatic carbocycles. The Morgan fingerprint density at radius 2 is 2.04 bits per heavy atom. The third-order valence-corrected chi connectivity index (χ3v) is 4.89. The minimum absolute atomic E-state index is 0.00555. The fourth-order valence-corrected chi connectivity index (χ4v) is 3.38. The Morgan fingerprint density at radius 3 is 2.69 bits per heavy atom. The Hall–Kier alpha value is -2.90. The van der Waals surface area contributed by atoms with Crippen molar-refractivity contribution in [3.05, 3.63) is 44.3 Å². The van der Waals surface area contributed by atoms with Crippen molar-refractivity contribution in [1.82, 2.24) is 5.32 Å². The molecule has 1 saturated carbocycles. The average Bonchev–Trinajstić information content (AvgIpc) is 2.62. The summed E-state index contributed by atoms with van der Waals surface area (Å²) >= 11 is 0. The molecule has 0 radical (unpaired) electrons. The van der Waals surface area contributed by atoms with E-state index < -0.39 is 16.5 Å². The number of fused-ring (bicyclic) bond motifs is 1. The third kappa shape index (κ3) is 3.40. The van der Waals surface area contributed by atoms with E-state index >= 15 is 0 Å². The number of nitrogens with zero attached hydrogens (tertiary/aromatic N) is 1. The first-order valence-electron chi connectivity index (χ1n) is 8.52. The number of carbonyl (C=O) groups is 1. The van der Waals surface area contributed by atoms with Gasteiger partial charge >= 0.3 is 5.63 Å². The van der Waals surface area contributed by atoms with Crippen LogP contribution >= 0.6 is 0 Å². The predicted octanol–water partition coefficient (Wildman–Crippen LogP) is 3.02. The molecule has 1 N–H and O–H groups in total. The predicted molar refractivity (Wildman–Crippen MR) is 94.6 cm³/mol. The highest BCUT2D eigenvalue weighted by atomic mass is 16.6. The maximum atomic E-state index is 12.6. The normalized spacial score (nSPS) is 19.9. The topological polar surface area (TPSA) is 112 Å². The first kappa shape index (κ1) is 17.9. The number of hydrogen-bond donors (Lipinski definition) is 1. The first-order chi connectivity index (χ1) is 12.4. The number of nitro groups is 1. The molecule has 26 heavy (non-hydrogen) atoms. The summed E-state index contributed by atoms with van der Waals surface area (Å²) < 4.78 is 10.3. The second-order valence-corrected chi connectivity index (χ2v) is 6.61. The largest absolute Gasteiger partial charge is 0.493 e. The van der Waals surface area contributed by atoms with E-state index in [-0.39, 0.29) is 34.0 Å². The van der Waals surface area contributed by atoms with Crippen molar-refractivity contribution in [2.24, 2.45) is 5.92 Å². The quantitative estimate of drug-likeness (QED) is 0.509. The summed E-state index contributed by atoms with van der Waals surface area (Å²) in [6.07, 6.45) is 4.06. The summed E-state index contributed by atoms with van der Waals surface area (Å²) in [6.45, 7) is 2.07. The van der Waals surface area contributed by atoms with Crippen molar-refractivity contribution in [3.8, 4) is 5.75 Å². The molecule has 0 saturated heterocycles. The second kappa shape index (κ2) is 7.15. The lowest BCUT2D eigenvalue weighted by Crippen LogP contribution is -2.42. The molecule has 1 aromatic carbocycles. The van der Waals surface area contributed by atoms with Gasteiger partial charge in [0, 0.05) is 17.5 Å². The first-order valence-corrected chi connectivity index (χ1v) is 8.52. The second-order valence-electron chi connectivity index (χ2n) is 6.61. The zero-order valence-electron chi connectivity index (χ0n) is 14.6. The number of ether oxygens (including phenoxy) is 1. The van der Waals surface area contributed by atoms with Gasteiger partial charge in [-0.1, -0.05) is 19.8 Å². The molecule has 0 aliphatic heterocycles. The van der Waals surface area contributed by atoms with Crippen LogP contribution in [0.4, 0.5) is 5.69 Å². The number of carbonyl (C=O) groups excluding carboxylic acids is 1. The Balaban J connectivity index is 2.00. The fourth-order valence-electron chi connectivity index (χ4n) is 3.38. The number of nitrogens with one attached hydrogen (secondary N) is 1. The molecule has 3 rings (SSSR count). The lowest BCUT2D eigenvalue weighted by atomic mass is 9.86. The van der Waals surface area contributed by atoms with Gasteiger partial charge in [-0.3, -0.25) is 14.9 Å². The van der Waals surface area contributed by atoms with Crippen molar-refractivity contribution < 1.29 is 18.9 Å². The number of amides is 1. The van der Waals surface area contributed by atoms with Crippen LogP contribution in [0.25, 0.3) is 11.0 Å². The van der Waals surface area contributed by atoms with Crippen molar-refractivity contribution in [2.75, 3.05) is 7.11 Å². The van der Waals surface area contributed by atoms with Gasteiger partial charge in [-0.25, -0.2) is 4.79 Å². The molecule has 1 aromatic heterocycles. The van der Waals surface area contributed by atoms with Gasteiger partial charge in [0.05, 0.1) is 18.1 Å².